The largest absolute Gasteiger partial charge is 0.369 e. The molecule has 1 amide bonds. The standard InChI is InChI=1S/C27H36N4OS/c1-5-27(3,4)20-10-11-21-22(17-28)26(33-24(21)16-20)29-25(32)18-30-12-14-31(15-13-30)23-9-7-6-8-19(23)2/h6-9,20H,5,10-16,18H2,1-4H3,(H,29,32). The van der Waals surface area contributed by atoms with Gasteiger partial charge in [-0.2, -0.15) is 5.26 Å². The van der Waals surface area contributed by atoms with Gasteiger partial charge in [-0.1, -0.05) is 45.4 Å². The molecule has 1 atom stereocenters. The molecule has 2 aromatic rings. The number of anilines is 2. The smallest absolute Gasteiger partial charge is 0.239 e. The molecule has 0 bridgehead atoms. The molecule has 5 nitrogen and oxygen atoms in total. The molecule has 2 heterocycles. The van der Waals surface area contributed by atoms with Gasteiger partial charge in [-0.05, 0) is 54.7 Å². The summed E-state index contributed by atoms with van der Waals surface area (Å²) in [5, 5.41) is 13.7. The lowest BCUT2D eigenvalue weighted by molar-refractivity contribution is -0.117. The second kappa shape index (κ2) is 9.87. The van der Waals surface area contributed by atoms with Crippen molar-refractivity contribution in [3.8, 4) is 6.07 Å². The number of rotatable bonds is 6. The van der Waals surface area contributed by atoms with E-state index in [1.807, 2.05) is 0 Å². The van der Waals surface area contributed by atoms with E-state index < -0.39 is 0 Å². The average molecular weight is 465 g/mol. The average Bonchev–Trinajstić information content (AvgIpc) is 3.16. The van der Waals surface area contributed by atoms with Crippen LogP contribution in [-0.4, -0.2) is 43.5 Å². The molecule has 176 valence electrons. The Kier molecular flexibility index (Phi) is 7.11. The minimum absolute atomic E-state index is 0.0140. The fourth-order valence-corrected chi connectivity index (χ4v) is 6.48. The van der Waals surface area contributed by atoms with Crippen molar-refractivity contribution >= 4 is 27.9 Å². The summed E-state index contributed by atoms with van der Waals surface area (Å²) in [6, 6.07) is 10.9. The lowest BCUT2D eigenvalue weighted by atomic mass is 9.69. The number of hydrogen-bond acceptors (Lipinski definition) is 5. The predicted octanol–water partition coefficient (Wildman–Crippen LogP) is 5.23. The van der Waals surface area contributed by atoms with Crippen LogP contribution in [0.2, 0.25) is 0 Å². The molecule has 1 saturated heterocycles. The highest BCUT2D eigenvalue weighted by atomic mass is 32.1. The fraction of sp³-hybridized carbons (Fsp3) is 0.556. The van der Waals surface area contributed by atoms with E-state index >= 15 is 0 Å². The van der Waals surface area contributed by atoms with Crippen LogP contribution in [0.5, 0.6) is 0 Å². The van der Waals surface area contributed by atoms with E-state index in [1.165, 1.54) is 21.7 Å². The number of para-hydroxylation sites is 1. The van der Waals surface area contributed by atoms with Crippen molar-refractivity contribution in [3.63, 3.8) is 0 Å². The Balaban J connectivity index is 1.36. The van der Waals surface area contributed by atoms with E-state index in [-0.39, 0.29) is 5.91 Å². The fourth-order valence-electron chi connectivity index (χ4n) is 5.18. The summed E-state index contributed by atoms with van der Waals surface area (Å²) in [6.45, 7) is 13.0. The molecule has 0 spiro atoms. The van der Waals surface area contributed by atoms with Crippen molar-refractivity contribution in [1.29, 1.82) is 5.26 Å². The van der Waals surface area contributed by atoms with E-state index in [2.05, 4.69) is 73.1 Å². The SMILES string of the molecule is CCC(C)(C)C1CCc2c(sc(NC(=O)CN3CCN(c4ccccc4C)CC3)c2C#N)C1. The minimum Gasteiger partial charge on any atom is -0.369 e. The van der Waals surface area contributed by atoms with Crippen molar-refractivity contribution in [2.75, 3.05) is 42.9 Å². The number of carbonyl (C=O) groups is 1. The Morgan fingerprint density at radius 2 is 1.97 bits per heavy atom. The lowest BCUT2D eigenvalue weighted by Gasteiger charge is -2.36. The molecular weight excluding hydrogens is 428 g/mol. The van der Waals surface area contributed by atoms with Gasteiger partial charge < -0.3 is 10.2 Å². The molecule has 1 aliphatic carbocycles. The number of thiophene rings is 1. The highest BCUT2D eigenvalue weighted by Crippen LogP contribution is 2.45. The van der Waals surface area contributed by atoms with E-state index in [9.17, 15) is 10.1 Å². The monoisotopic (exact) mass is 464 g/mol. The third-order valence-electron chi connectivity index (χ3n) is 7.84. The highest BCUT2D eigenvalue weighted by Gasteiger charge is 2.34. The first kappa shape index (κ1) is 23.8. The number of carbonyl (C=O) groups excluding carboxylic acids is 1. The summed E-state index contributed by atoms with van der Waals surface area (Å²) in [7, 11) is 0. The number of fused-ring (bicyclic) bond motifs is 1. The third kappa shape index (κ3) is 5.10. The summed E-state index contributed by atoms with van der Waals surface area (Å²) in [6.07, 6.45) is 4.24. The van der Waals surface area contributed by atoms with E-state index in [0.29, 0.717) is 23.4 Å². The molecule has 4 rings (SSSR count). The number of piperazine rings is 1. The van der Waals surface area contributed by atoms with Crippen molar-refractivity contribution in [2.24, 2.45) is 11.3 Å². The van der Waals surface area contributed by atoms with Gasteiger partial charge in [-0.15, -0.1) is 11.3 Å². The summed E-state index contributed by atoms with van der Waals surface area (Å²) in [5.41, 5.74) is 4.75. The molecule has 0 saturated carbocycles. The van der Waals surface area contributed by atoms with Crippen LogP contribution in [0.3, 0.4) is 0 Å². The number of benzene rings is 1. The maximum Gasteiger partial charge on any atom is 0.239 e. The third-order valence-corrected chi connectivity index (χ3v) is 9.01. The maximum atomic E-state index is 12.9. The first-order valence-corrected chi connectivity index (χ1v) is 13.0. The van der Waals surface area contributed by atoms with Crippen LogP contribution >= 0.6 is 11.3 Å². The van der Waals surface area contributed by atoms with Gasteiger partial charge >= 0.3 is 0 Å². The molecular formula is C27H36N4OS. The van der Waals surface area contributed by atoms with Crippen LogP contribution in [0.25, 0.3) is 0 Å². The van der Waals surface area contributed by atoms with Crippen LogP contribution in [0.1, 0.15) is 55.2 Å². The van der Waals surface area contributed by atoms with Gasteiger partial charge in [-0.25, -0.2) is 0 Å². The molecule has 33 heavy (non-hydrogen) atoms. The van der Waals surface area contributed by atoms with Crippen LogP contribution in [0.4, 0.5) is 10.7 Å². The van der Waals surface area contributed by atoms with Crippen molar-refractivity contribution in [3.05, 3.63) is 45.8 Å². The van der Waals surface area contributed by atoms with Crippen LogP contribution < -0.4 is 10.2 Å². The van der Waals surface area contributed by atoms with Crippen molar-refractivity contribution in [1.82, 2.24) is 4.90 Å². The Labute approximate surface area is 202 Å². The number of nitrogens with one attached hydrogen (secondary N) is 1. The van der Waals surface area contributed by atoms with Crippen molar-refractivity contribution < 1.29 is 4.79 Å². The summed E-state index contributed by atoms with van der Waals surface area (Å²) in [4.78, 5) is 18.8. The van der Waals surface area contributed by atoms with Crippen LogP contribution in [0, 0.1) is 29.6 Å². The molecule has 6 heteroatoms. The van der Waals surface area contributed by atoms with Crippen LogP contribution in [-0.2, 0) is 17.6 Å². The number of amides is 1. The van der Waals surface area contributed by atoms with Gasteiger partial charge in [0.15, 0.2) is 0 Å². The first-order valence-electron chi connectivity index (χ1n) is 12.2. The van der Waals surface area contributed by atoms with E-state index in [1.54, 1.807) is 11.3 Å². The first-order chi connectivity index (χ1) is 15.8. The molecule has 1 unspecified atom stereocenters. The second-order valence-electron chi connectivity index (χ2n) is 10.2. The van der Waals surface area contributed by atoms with E-state index in [4.69, 9.17) is 0 Å². The predicted molar refractivity (Wildman–Crippen MR) is 137 cm³/mol. The molecule has 0 radical (unpaired) electrons. The zero-order valence-corrected chi connectivity index (χ0v) is 21.2. The highest BCUT2D eigenvalue weighted by molar-refractivity contribution is 7.16. The van der Waals surface area contributed by atoms with Crippen LogP contribution in [0.15, 0.2) is 24.3 Å². The lowest BCUT2D eigenvalue weighted by Crippen LogP contribution is -2.48. The number of nitrogens with zero attached hydrogens (tertiary/aromatic N) is 3. The summed E-state index contributed by atoms with van der Waals surface area (Å²) >= 11 is 1.63. The quantitative estimate of drug-likeness (QED) is 0.636. The Morgan fingerprint density at radius 3 is 2.64 bits per heavy atom. The zero-order chi connectivity index (χ0) is 23.6. The van der Waals surface area contributed by atoms with Gasteiger partial charge in [0.25, 0.3) is 0 Å². The van der Waals surface area contributed by atoms with Gasteiger partial charge in [0.05, 0.1) is 12.1 Å². The number of nitriles is 1. The molecule has 2 aliphatic rings. The summed E-state index contributed by atoms with van der Waals surface area (Å²) < 4.78 is 0. The molecule has 1 N–H and O–H groups in total. The minimum atomic E-state index is -0.0140. The van der Waals surface area contributed by atoms with Crippen molar-refractivity contribution in [2.45, 2.75) is 53.4 Å². The topological polar surface area (TPSA) is 59.4 Å². The van der Waals surface area contributed by atoms with Gasteiger partial charge in [-0.3, -0.25) is 9.69 Å². The second-order valence-corrected chi connectivity index (χ2v) is 11.3. The molecule has 1 fully saturated rings. The Bertz CT molecular complexity index is 1040. The molecule has 1 aliphatic heterocycles. The Hall–Kier alpha value is -2.36. The summed E-state index contributed by atoms with van der Waals surface area (Å²) in [5.74, 6) is 0.619. The van der Waals surface area contributed by atoms with Gasteiger partial charge in [0.2, 0.25) is 5.91 Å². The zero-order valence-electron chi connectivity index (χ0n) is 20.4. The van der Waals surface area contributed by atoms with Gasteiger partial charge in [0, 0.05) is 36.7 Å². The maximum absolute atomic E-state index is 12.9. The van der Waals surface area contributed by atoms with E-state index in [0.717, 1.165) is 56.9 Å². The molecule has 1 aromatic heterocycles. The number of aryl methyl sites for hydroxylation is 1. The Morgan fingerprint density at radius 1 is 1.24 bits per heavy atom. The number of hydrogen-bond donors (Lipinski definition) is 1. The molecule has 1 aromatic carbocycles. The van der Waals surface area contributed by atoms with Gasteiger partial charge in [0.1, 0.15) is 11.1 Å². The normalized spacial score (nSPS) is 19.1.